The summed E-state index contributed by atoms with van der Waals surface area (Å²) >= 11 is 0. The highest BCUT2D eigenvalue weighted by Gasteiger charge is 2.18. The van der Waals surface area contributed by atoms with Crippen LogP contribution in [0.5, 0.6) is 0 Å². The topological polar surface area (TPSA) is 136 Å². The molecule has 3 rings (SSSR count). The molecule has 0 radical (unpaired) electrons. The molecule has 0 saturated carbocycles. The minimum atomic E-state index is -3.89. The summed E-state index contributed by atoms with van der Waals surface area (Å²) in [5, 5.41) is 3.09. The van der Waals surface area contributed by atoms with Crippen LogP contribution in [0.15, 0.2) is 65.6 Å². The van der Waals surface area contributed by atoms with Gasteiger partial charge in [-0.2, -0.15) is 9.97 Å². The van der Waals surface area contributed by atoms with Gasteiger partial charge in [-0.05, 0) is 17.7 Å². The summed E-state index contributed by atoms with van der Waals surface area (Å²) in [5.41, 5.74) is 12.6. The Morgan fingerprint density at radius 3 is 2.27 bits per heavy atom. The Balaban J connectivity index is 1.80. The van der Waals surface area contributed by atoms with Crippen LogP contribution < -0.4 is 21.5 Å². The number of rotatable bonds is 6. The number of nitrogens with zero attached hydrogens (tertiary/aromatic N) is 2. The molecule has 0 amide bonds. The number of sulfonamides is 1. The quantitative estimate of drug-likeness (QED) is 0.487. The fourth-order valence-corrected chi connectivity index (χ4v) is 3.44. The van der Waals surface area contributed by atoms with Crippen LogP contribution in [-0.4, -0.2) is 18.4 Å². The van der Waals surface area contributed by atoms with Crippen molar-refractivity contribution in [2.45, 2.75) is 11.4 Å². The van der Waals surface area contributed by atoms with Gasteiger partial charge in [0.25, 0.3) is 10.0 Å². The summed E-state index contributed by atoms with van der Waals surface area (Å²) < 4.78 is 27.4. The molecule has 134 valence electrons. The van der Waals surface area contributed by atoms with Crippen molar-refractivity contribution in [1.82, 2.24) is 9.97 Å². The normalized spacial score (nSPS) is 11.1. The number of hydrogen-bond acceptors (Lipinski definition) is 7. The minimum absolute atomic E-state index is 0.0315. The molecule has 0 aliphatic heterocycles. The van der Waals surface area contributed by atoms with Crippen molar-refractivity contribution in [2.24, 2.45) is 0 Å². The van der Waals surface area contributed by atoms with Gasteiger partial charge in [0.1, 0.15) is 16.5 Å². The van der Waals surface area contributed by atoms with Crippen LogP contribution in [0.3, 0.4) is 0 Å². The molecule has 3 aromatic rings. The van der Waals surface area contributed by atoms with Crippen LogP contribution in [0, 0.1) is 0 Å². The average Bonchev–Trinajstić information content (AvgIpc) is 2.60. The summed E-state index contributed by atoms with van der Waals surface area (Å²) in [5.74, 6) is 0.401. The molecule has 0 unspecified atom stereocenters. The van der Waals surface area contributed by atoms with Crippen molar-refractivity contribution in [3.8, 4) is 0 Å². The molecule has 0 aliphatic carbocycles. The van der Waals surface area contributed by atoms with Crippen LogP contribution >= 0.6 is 0 Å². The number of nitrogens with two attached hydrogens (primary N) is 2. The maximum absolute atomic E-state index is 12.5. The molecule has 0 spiro atoms. The lowest BCUT2D eigenvalue weighted by atomic mass is 10.2. The molecule has 0 bridgehead atoms. The second-order valence-electron chi connectivity index (χ2n) is 5.48. The highest BCUT2D eigenvalue weighted by atomic mass is 32.2. The van der Waals surface area contributed by atoms with E-state index in [0.29, 0.717) is 12.4 Å². The molecule has 8 nitrogen and oxygen atoms in total. The molecule has 9 heteroatoms. The third kappa shape index (κ3) is 4.19. The first-order valence-corrected chi connectivity index (χ1v) is 9.22. The molecule has 1 aromatic heterocycles. The molecule has 26 heavy (non-hydrogen) atoms. The highest BCUT2D eigenvalue weighted by Crippen LogP contribution is 2.22. The van der Waals surface area contributed by atoms with E-state index in [2.05, 4.69) is 20.0 Å². The van der Waals surface area contributed by atoms with E-state index in [0.717, 1.165) is 5.56 Å². The van der Waals surface area contributed by atoms with E-state index >= 15 is 0 Å². The smallest absolute Gasteiger partial charge is 0.265 e. The zero-order valence-electron chi connectivity index (χ0n) is 13.8. The van der Waals surface area contributed by atoms with Gasteiger partial charge in [-0.25, -0.2) is 8.42 Å². The van der Waals surface area contributed by atoms with E-state index in [1.165, 1.54) is 18.2 Å². The maximum atomic E-state index is 12.5. The van der Waals surface area contributed by atoms with E-state index in [4.69, 9.17) is 11.5 Å². The Hall–Kier alpha value is -3.33. The lowest BCUT2D eigenvalue weighted by molar-refractivity contribution is 0.601. The van der Waals surface area contributed by atoms with Crippen molar-refractivity contribution in [2.75, 3.05) is 21.5 Å². The SMILES string of the molecule is Nc1nc(NCc2ccccc2)cc(NS(=O)(=O)c2ccccc2N)n1. The van der Waals surface area contributed by atoms with E-state index in [1.54, 1.807) is 12.1 Å². The summed E-state index contributed by atoms with van der Waals surface area (Å²) in [4.78, 5) is 7.96. The standard InChI is InChI=1S/C17H18N6O2S/c18-13-8-4-5-9-14(13)26(24,25)23-16-10-15(21-17(19)22-16)20-11-12-6-2-1-3-7-12/h1-10H,11,18H2,(H4,19,20,21,22,23). The maximum Gasteiger partial charge on any atom is 0.265 e. The zero-order chi connectivity index (χ0) is 18.6. The second-order valence-corrected chi connectivity index (χ2v) is 7.13. The Morgan fingerprint density at radius 2 is 1.54 bits per heavy atom. The van der Waals surface area contributed by atoms with Gasteiger partial charge >= 0.3 is 0 Å². The Bertz CT molecular complexity index is 1010. The number of para-hydroxylation sites is 1. The number of nitrogen functional groups attached to an aromatic ring is 2. The van der Waals surface area contributed by atoms with Gasteiger partial charge in [-0.15, -0.1) is 0 Å². The molecule has 0 saturated heterocycles. The Labute approximate surface area is 151 Å². The number of anilines is 4. The van der Waals surface area contributed by atoms with Gasteiger partial charge in [-0.1, -0.05) is 42.5 Å². The van der Waals surface area contributed by atoms with Crippen molar-refractivity contribution in [3.63, 3.8) is 0 Å². The summed E-state index contributed by atoms with van der Waals surface area (Å²) in [6.07, 6.45) is 0. The number of aromatic nitrogens is 2. The van der Waals surface area contributed by atoms with E-state index in [-0.39, 0.29) is 22.3 Å². The van der Waals surface area contributed by atoms with Crippen LogP contribution in [0.1, 0.15) is 5.56 Å². The number of hydrogen-bond donors (Lipinski definition) is 4. The predicted octanol–water partition coefficient (Wildman–Crippen LogP) is 2.05. The summed E-state index contributed by atoms with van der Waals surface area (Å²) in [6.45, 7) is 0.509. The highest BCUT2D eigenvalue weighted by molar-refractivity contribution is 7.92. The predicted molar refractivity (Wildman–Crippen MR) is 102 cm³/mol. The Morgan fingerprint density at radius 1 is 0.885 bits per heavy atom. The molecular formula is C17H18N6O2S. The summed E-state index contributed by atoms with van der Waals surface area (Å²) in [7, 11) is -3.89. The van der Waals surface area contributed by atoms with Crippen molar-refractivity contribution >= 4 is 33.3 Å². The number of benzene rings is 2. The number of nitrogens with one attached hydrogen (secondary N) is 2. The van der Waals surface area contributed by atoms with Crippen molar-refractivity contribution < 1.29 is 8.42 Å². The van der Waals surface area contributed by atoms with E-state index in [1.807, 2.05) is 30.3 Å². The van der Waals surface area contributed by atoms with Crippen LogP contribution in [0.25, 0.3) is 0 Å². The second kappa shape index (κ2) is 7.28. The fourth-order valence-electron chi connectivity index (χ4n) is 2.32. The minimum Gasteiger partial charge on any atom is -0.398 e. The molecule has 6 N–H and O–H groups in total. The molecule has 0 atom stereocenters. The summed E-state index contributed by atoms with van der Waals surface area (Å²) in [6, 6.07) is 17.3. The Kier molecular flexibility index (Phi) is 4.90. The first-order chi connectivity index (χ1) is 12.4. The average molecular weight is 370 g/mol. The van der Waals surface area contributed by atoms with Gasteiger partial charge in [0.05, 0.1) is 5.69 Å². The molecular weight excluding hydrogens is 352 g/mol. The van der Waals surface area contributed by atoms with Gasteiger partial charge in [0, 0.05) is 12.6 Å². The third-order valence-electron chi connectivity index (χ3n) is 3.51. The monoisotopic (exact) mass is 370 g/mol. The first-order valence-electron chi connectivity index (χ1n) is 7.74. The van der Waals surface area contributed by atoms with Crippen LogP contribution in [0.2, 0.25) is 0 Å². The van der Waals surface area contributed by atoms with Crippen molar-refractivity contribution in [1.29, 1.82) is 0 Å². The zero-order valence-corrected chi connectivity index (χ0v) is 14.6. The fraction of sp³-hybridized carbons (Fsp3) is 0.0588. The van der Waals surface area contributed by atoms with E-state index in [9.17, 15) is 8.42 Å². The molecule has 1 heterocycles. The molecule has 2 aromatic carbocycles. The largest absolute Gasteiger partial charge is 0.398 e. The van der Waals surface area contributed by atoms with Crippen LogP contribution in [-0.2, 0) is 16.6 Å². The van der Waals surface area contributed by atoms with E-state index < -0.39 is 10.0 Å². The lowest BCUT2D eigenvalue weighted by Gasteiger charge is -2.11. The van der Waals surface area contributed by atoms with Gasteiger partial charge in [-0.3, -0.25) is 4.72 Å². The lowest BCUT2D eigenvalue weighted by Crippen LogP contribution is -2.16. The molecule has 0 fully saturated rings. The van der Waals surface area contributed by atoms with Crippen LogP contribution in [0.4, 0.5) is 23.3 Å². The third-order valence-corrected chi connectivity index (χ3v) is 4.94. The van der Waals surface area contributed by atoms with Crippen molar-refractivity contribution in [3.05, 3.63) is 66.2 Å². The molecule has 0 aliphatic rings. The first kappa shape index (κ1) is 17.5. The van der Waals surface area contributed by atoms with Gasteiger partial charge in [0.15, 0.2) is 0 Å². The van der Waals surface area contributed by atoms with Gasteiger partial charge < -0.3 is 16.8 Å². The van der Waals surface area contributed by atoms with Gasteiger partial charge in [0.2, 0.25) is 5.95 Å².